The van der Waals surface area contributed by atoms with Crippen molar-refractivity contribution < 1.29 is 4.39 Å². The van der Waals surface area contributed by atoms with Crippen molar-refractivity contribution >= 4 is 24.9 Å². The van der Waals surface area contributed by atoms with Crippen LogP contribution in [-0.2, 0) is 0 Å². The molecule has 0 N–H and O–H groups in total. The molecule has 0 aliphatic carbocycles. The molecule has 0 saturated carbocycles. The molecule has 3 heteroatoms. The molecular weight excluding hydrogens is 149 g/mol. The fraction of sp³-hybridized carbons (Fsp3) is 0.143. The van der Waals surface area contributed by atoms with Crippen molar-refractivity contribution in [1.82, 2.24) is 0 Å². The standard InChI is InChI=1S/C7H7BClF/c1-4-2-5(10)3-6(9)7(4)8/h2-3H,8H2,1H3. The fourth-order valence-corrected chi connectivity index (χ4v) is 1.03. The lowest BCUT2D eigenvalue weighted by molar-refractivity contribution is 0.627. The van der Waals surface area contributed by atoms with Crippen LogP contribution < -0.4 is 5.46 Å². The van der Waals surface area contributed by atoms with Gasteiger partial charge in [0, 0.05) is 5.02 Å². The SMILES string of the molecule is Bc1c(C)cc(F)cc1Cl. The third-order valence-electron chi connectivity index (χ3n) is 1.57. The van der Waals surface area contributed by atoms with E-state index in [4.69, 9.17) is 11.6 Å². The van der Waals surface area contributed by atoms with Crippen LogP contribution in [0.25, 0.3) is 0 Å². The summed E-state index contributed by atoms with van der Waals surface area (Å²) in [5.74, 6) is -0.270. The molecule has 0 aliphatic rings. The van der Waals surface area contributed by atoms with Gasteiger partial charge in [0.15, 0.2) is 0 Å². The molecule has 0 heterocycles. The summed E-state index contributed by atoms with van der Waals surface area (Å²) in [6.45, 7) is 1.84. The van der Waals surface area contributed by atoms with Crippen LogP contribution in [0.3, 0.4) is 0 Å². The number of hydrogen-bond acceptors (Lipinski definition) is 0. The van der Waals surface area contributed by atoms with E-state index in [1.54, 1.807) is 0 Å². The van der Waals surface area contributed by atoms with Crippen LogP contribution in [0.2, 0.25) is 5.02 Å². The van der Waals surface area contributed by atoms with E-state index >= 15 is 0 Å². The molecule has 0 saturated heterocycles. The molecular formula is C7H7BClF. The molecule has 10 heavy (non-hydrogen) atoms. The molecule has 0 unspecified atom stereocenters. The van der Waals surface area contributed by atoms with E-state index in [-0.39, 0.29) is 5.82 Å². The van der Waals surface area contributed by atoms with Crippen LogP contribution in [0.15, 0.2) is 12.1 Å². The summed E-state index contributed by atoms with van der Waals surface area (Å²) in [5, 5.41) is 0.498. The van der Waals surface area contributed by atoms with E-state index in [9.17, 15) is 4.39 Å². The van der Waals surface area contributed by atoms with Gasteiger partial charge in [-0.3, -0.25) is 0 Å². The predicted octanol–water partition coefficient (Wildman–Crippen LogP) is 1.05. The van der Waals surface area contributed by atoms with Crippen molar-refractivity contribution in [3.8, 4) is 0 Å². The van der Waals surface area contributed by atoms with Gasteiger partial charge in [0.25, 0.3) is 0 Å². The number of hydrogen-bond donors (Lipinski definition) is 0. The topological polar surface area (TPSA) is 0 Å². The van der Waals surface area contributed by atoms with Gasteiger partial charge in [0.05, 0.1) is 0 Å². The average Bonchev–Trinajstić information content (AvgIpc) is 1.82. The van der Waals surface area contributed by atoms with E-state index < -0.39 is 0 Å². The number of rotatable bonds is 0. The Morgan fingerprint density at radius 1 is 1.50 bits per heavy atom. The van der Waals surface area contributed by atoms with Crippen LogP contribution in [0.1, 0.15) is 5.56 Å². The van der Waals surface area contributed by atoms with Gasteiger partial charge in [0.2, 0.25) is 0 Å². The third-order valence-corrected chi connectivity index (χ3v) is 1.96. The van der Waals surface area contributed by atoms with Gasteiger partial charge in [-0.1, -0.05) is 22.6 Å². The Balaban J connectivity index is 3.31. The highest BCUT2D eigenvalue weighted by molar-refractivity contribution is 6.45. The fourth-order valence-electron chi connectivity index (χ4n) is 0.774. The number of aryl methyl sites for hydroxylation is 1. The predicted molar refractivity (Wildman–Crippen MR) is 44.3 cm³/mol. The first-order valence-electron chi connectivity index (χ1n) is 3.03. The van der Waals surface area contributed by atoms with Crippen molar-refractivity contribution in [2.24, 2.45) is 0 Å². The number of benzene rings is 1. The summed E-state index contributed by atoms with van der Waals surface area (Å²) in [4.78, 5) is 0. The highest BCUT2D eigenvalue weighted by atomic mass is 35.5. The molecule has 0 radical (unpaired) electrons. The normalized spacial score (nSPS) is 9.90. The maximum Gasteiger partial charge on any atom is 0.141 e. The molecule has 52 valence electrons. The van der Waals surface area contributed by atoms with E-state index in [0.29, 0.717) is 5.02 Å². The van der Waals surface area contributed by atoms with Crippen LogP contribution in [-0.4, -0.2) is 7.85 Å². The second kappa shape index (κ2) is 2.63. The van der Waals surface area contributed by atoms with Crippen molar-refractivity contribution in [3.05, 3.63) is 28.5 Å². The van der Waals surface area contributed by atoms with E-state index in [1.807, 2.05) is 14.8 Å². The van der Waals surface area contributed by atoms with Crippen molar-refractivity contribution in [2.45, 2.75) is 6.92 Å². The lowest BCUT2D eigenvalue weighted by atomic mass is 9.91. The van der Waals surface area contributed by atoms with Gasteiger partial charge in [-0.05, 0) is 19.1 Å². The van der Waals surface area contributed by atoms with Crippen molar-refractivity contribution in [3.63, 3.8) is 0 Å². The Morgan fingerprint density at radius 2 is 2.10 bits per heavy atom. The minimum Gasteiger partial charge on any atom is -0.207 e. The first-order chi connectivity index (χ1) is 4.61. The summed E-state index contributed by atoms with van der Waals surface area (Å²) >= 11 is 5.68. The summed E-state index contributed by atoms with van der Waals surface area (Å²) in [7, 11) is 1.87. The Labute approximate surface area is 65.4 Å². The van der Waals surface area contributed by atoms with Gasteiger partial charge in [-0.25, -0.2) is 4.39 Å². The molecule has 0 spiro atoms. The minimum absolute atomic E-state index is 0.270. The zero-order chi connectivity index (χ0) is 7.72. The number of halogens is 2. The van der Waals surface area contributed by atoms with Gasteiger partial charge in [-0.2, -0.15) is 0 Å². The first-order valence-corrected chi connectivity index (χ1v) is 3.41. The van der Waals surface area contributed by atoms with E-state index in [2.05, 4.69) is 0 Å². The Kier molecular flexibility index (Phi) is 2.00. The van der Waals surface area contributed by atoms with Crippen LogP contribution in [0.4, 0.5) is 4.39 Å². The van der Waals surface area contributed by atoms with E-state index in [1.165, 1.54) is 12.1 Å². The monoisotopic (exact) mass is 156 g/mol. The van der Waals surface area contributed by atoms with Crippen molar-refractivity contribution in [2.75, 3.05) is 0 Å². The highest BCUT2D eigenvalue weighted by Gasteiger charge is 2.00. The van der Waals surface area contributed by atoms with Gasteiger partial charge < -0.3 is 0 Å². The summed E-state index contributed by atoms with van der Waals surface area (Å²) in [6.07, 6.45) is 0. The molecule has 0 fully saturated rings. The Morgan fingerprint density at radius 3 is 2.60 bits per heavy atom. The highest BCUT2D eigenvalue weighted by Crippen LogP contribution is 2.09. The van der Waals surface area contributed by atoms with Crippen LogP contribution in [0.5, 0.6) is 0 Å². The molecule has 1 rings (SSSR count). The molecule has 1 aromatic rings. The molecule has 0 amide bonds. The van der Waals surface area contributed by atoms with Gasteiger partial charge in [0.1, 0.15) is 13.7 Å². The summed E-state index contributed by atoms with van der Waals surface area (Å²) < 4.78 is 12.5. The zero-order valence-electron chi connectivity index (χ0n) is 5.91. The van der Waals surface area contributed by atoms with Crippen LogP contribution >= 0.6 is 11.6 Å². The molecule has 0 aliphatic heterocycles. The smallest absolute Gasteiger partial charge is 0.141 e. The molecule has 0 nitrogen and oxygen atoms in total. The Hall–Kier alpha value is -0.495. The quantitative estimate of drug-likeness (QED) is 0.493. The third kappa shape index (κ3) is 1.32. The molecule has 1 aromatic carbocycles. The second-order valence-electron chi connectivity index (χ2n) is 2.33. The summed E-state index contributed by atoms with van der Waals surface area (Å²) in [6, 6.07) is 2.80. The maximum absolute atomic E-state index is 12.5. The molecule has 0 bridgehead atoms. The minimum atomic E-state index is -0.270. The lowest BCUT2D eigenvalue weighted by Crippen LogP contribution is -2.08. The second-order valence-corrected chi connectivity index (χ2v) is 2.74. The van der Waals surface area contributed by atoms with Crippen LogP contribution in [0, 0.1) is 12.7 Å². The molecule has 0 aromatic heterocycles. The van der Waals surface area contributed by atoms with Crippen molar-refractivity contribution in [1.29, 1.82) is 0 Å². The largest absolute Gasteiger partial charge is 0.207 e. The first kappa shape index (κ1) is 7.61. The lowest BCUT2D eigenvalue weighted by Gasteiger charge is -2.01. The Bertz CT molecular complexity index is 237. The molecule has 0 atom stereocenters. The average molecular weight is 156 g/mol. The van der Waals surface area contributed by atoms with Gasteiger partial charge in [-0.15, -0.1) is 0 Å². The maximum atomic E-state index is 12.5. The summed E-state index contributed by atoms with van der Waals surface area (Å²) in [5.41, 5.74) is 1.84. The van der Waals surface area contributed by atoms with E-state index in [0.717, 1.165) is 11.0 Å². The van der Waals surface area contributed by atoms with Gasteiger partial charge >= 0.3 is 0 Å². The zero-order valence-corrected chi connectivity index (χ0v) is 6.67.